The average molecular weight is 451 g/mol. The van der Waals surface area contributed by atoms with Crippen LogP contribution in [0.4, 0.5) is 0 Å². The molecule has 0 heterocycles. The van der Waals surface area contributed by atoms with Crippen molar-refractivity contribution >= 4 is 23.8 Å². The Labute approximate surface area is 201 Å². The average Bonchev–Trinajstić information content (AvgIpc) is 2.80. The quantitative estimate of drug-likeness (QED) is 0.279. The van der Waals surface area contributed by atoms with E-state index in [4.69, 9.17) is 0 Å². The minimum Gasteiger partial charge on any atom is -0.0622 e. The van der Waals surface area contributed by atoms with Crippen LogP contribution in [0.15, 0.2) is 103 Å². The molecule has 0 aliphatic carbocycles. The summed E-state index contributed by atoms with van der Waals surface area (Å²) in [5.41, 5.74) is 5.63. The predicted molar refractivity (Wildman–Crippen MR) is 148 cm³/mol. The molecule has 4 rings (SSSR count). The highest BCUT2D eigenvalue weighted by Gasteiger charge is 2.24. The van der Waals surface area contributed by atoms with Gasteiger partial charge in [-0.25, -0.2) is 0 Å². The first-order chi connectivity index (χ1) is 15.6. The van der Waals surface area contributed by atoms with Gasteiger partial charge in [0.15, 0.2) is 0 Å². The minimum absolute atomic E-state index is 0.0918. The van der Waals surface area contributed by atoms with Gasteiger partial charge in [0.05, 0.1) is 0 Å². The first-order valence-corrected chi connectivity index (χ1v) is 13.1. The Hall–Kier alpha value is -2.69. The summed E-state index contributed by atoms with van der Waals surface area (Å²) in [4.78, 5) is 0. The Morgan fingerprint density at radius 2 is 0.909 bits per heavy atom. The molecule has 0 saturated heterocycles. The monoisotopic (exact) mass is 450 g/mol. The molecule has 0 N–H and O–H groups in total. The van der Waals surface area contributed by atoms with Crippen LogP contribution in [-0.4, -0.2) is 0 Å². The van der Waals surface area contributed by atoms with Crippen molar-refractivity contribution in [3.05, 3.63) is 114 Å². The zero-order valence-electron chi connectivity index (χ0n) is 20.8. The molecule has 0 fully saturated rings. The van der Waals surface area contributed by atoms with Crippen molar-refractivity contribution in [3.8, 4) is 11.1 Å². The minimum atomic E-state index is -0.666. The lowest BCUT2D eigenvalue weighted by molar-refractivity contribution is 0.569. The SMILES string of the molecule is CC(C)(C)c1cc(-c2ccccc2P(c2ccccc2)c2ccccc2)cc(C(C)(C)C)c1. The highest BCUT2D eigenvalue weighted by molar-refractivity contribution is 7.80. The molecule has 4 aromatic rings. The molecular formula is C32H35P. The number of hydrogen-bond acceptors (Lipinski definition) is 0. The van der Waals surface area contributed by atoms with E-state index in [1.165, 1.54) is 38.2 Å². The van der Waals surface area contributed by atoms with Crippen molar-refractivity contribution in [1.82, 2.24) is 0 Å². The van der Waals surface area contributed by atoms with Gasteiger partial charge in [0, 0.05) is 0 Å². The fourth-order valence-electron chi connectivity index (χ4n) is 4.14. The molecule has 4 aromatic carbocycles. The maximum absolute atomic E-state index is 2.41. The molecule has 0 atom stereocenters. The van der Waals surface area contributed by atoms with Gasteiger partial charge in [0.2, 0.25) is 0 Å². The van der Waals surface area contributed by atoms with Crippen LogP contribution < -0.4 is 15.9 Å². The van der Waals surface area contributed by atoms with Gasteiger partial charge >= 0.3 is 0 Å². The van der Waals surface area contributed by atoms with Crippen molar-refractivity contribution < 1.29 is 0 Å². The molecule has 0 saturated carbocycles. The lowest BCUT2D eigenvalue weighted by Gasteiger charge is -2.28. The van der Waals surface area contributed by atoms with Crippen molar-refractivity contribution in [2.75, 3.05) is 0 Å². The van der Waals surface area contributed by atoms with Crippen molar-refractivity contribution in [3.63, 3.8) is 0 Å². The molecule has 0 aromatic heterocycles. The van der Waals surface area contributed by atoms with Crippen LogP contribution in [0.2, 0.25) is 0 Å². The Morgan fingerprint density at radius 1 is 0.485 bits per heavy atom. The van der Waals surface area contributed by atoms with Crippen LogP contribution in [0.1, 0.15) is 52.7 Å². The zero-order chi connectivity index (χ0) is 23.6. The molecule has 0 nitrogen and oxygen atoms in total. The zero-order valence-corrected chi connectivity index (χ0v) is 21.7. The second-order valence-corrected chi connectivity index (χ2v) is 13.0. The lowest BCUT2D eigenvalue weighted by atomic mass is 9.79. The second-order valence-electron chi connectivity index (χ2n) is 10.8. The number of hydrogen-bond donors (Lipinski definition) is 0. The van der Waals surface area contributed by atoms with Crippen LogP contribution in [0, 0.1) is 0 Å². The van der Waals surface area contributed by atoms with E-state index in [0.29, 0.717) is 0 Å². The van der Waals surface area contributed by atoms with Gasteiger partial charge in [0.25, 0.3) is 0 Å². The Balaban J connectivity index is 1.97. The fourth-order valence-corrected chi connectivity index (χ4v) is 6.62. The molecule has 0 spiro atoms. The molecule has 33 heavy (non-hydrogen) atoms. The molecule has 0 radical (unpaired) electrons. The van der Waals surface area contributed by atoms with E-state index in [2.05, 4.69) is 145 Å². The summed E-state index contributed by atoms with van der Waals surface area (Å²) < 4.78 is 0. The Kier molecular flexibility index (Phi) is 6.60. The molecule has 0 amide bonds. The largest absolute Gasteiger partial charge is 0.0622 e. The first kappa shape index (κ1) is 23.5. The maximum atomic E-state index is 2.41. The normalized spacial score (nSPS) is 12.2. The summed E-state index contributed by atoms with van der Waals surface area (Å²) in [5, 5.41) is 4.18. The third-order valence-electron chi connectivity index (χ3n) is 6.15. The van der Waals surface area contributed by atoms with Gasteiger partial charge in [-0.05, 0) is 56.9 Å². The second kappa shape index (κ2) is 9.28. The summed E-state index contributed by atoms with van der Waals surface area (Å²) in [6, 6.07) is 38.2. The van der Waals surface area contributed by atoms with Crippen LogP contribution in [0.3, 0.4) is 0 Å². The number of benzene rings is 4. The highest BCUT2D eigenvalue weighted by Crippen LogP contribution is 2.39. The standard InChI is InChI=1S/C32H35P/c1-31(2,3)25-21-24(22-26(23-25)32(4,5)6)29-19-13-14-20-30(29)33(27-15-9-7-10-16-27)28-17-11-8-12-18-28/h7-23H,1-6H3. The van der Waals surface area contributed by atoms with E-state index in [1.54, 1.807) is 0 Å². The lowest BCUT2D eigenvalue weighted by Crippen LogP contribution is -2.22. The fraction of sp³-hybridized carbons (Fsp3) is 0.250. The molecule has 0 aliphatic heterocycles. The molecule has 0 bridgehead atoms. The van der Waals surface area contributed by atoms with Gasteiger partial charge in [-0.2, -0.15) is 0 Å². The molecule has 1 heteroatoms. The first-order valence-electron chi connectivity index (χ1n) is 11.8. The third-order valence-corrected chi connectivity index (χ3v) is 8.65. The highest BCUT2D eigenvalue weighted by atomic mass is 31.1. The van der Waals surface area contributed by atoms with Crippen LogP contribution in [0.5, 0.6) is 0 Å². The molecule has 0 unspecified atom stereocenters. The van der Waals surface area contributed by atoms with E-state index in [1.807, 2.05) is 0 Å². The summed E-state index contributed by atoms with van der Waals surface area (Å²) in [6.07, 6.45) is 0. The Morgan fingerprint density at radius 3 is 1.36 bits per heavy atom. The van der Waals surface area contributed by atoms with Crippen LogP contribution in [0.25, 0.3) is 11.1 Å². The number of rotatable bonds is 4. The Bertz CT molecular complexity index is 1140. The third kappa shape index (κ3) is 5.29. The topological polar surface area (TPSA) is 0 Å². The van der Waals surface area contributed by atoms with Gasteiger partial charge in [0.1, 0.15) is 0 Å². The van der Waals surface area contributed by atoms with Crippen molar-refractivity contribution in [2.24, 2.45) is 0 Å². The van der Waals surface area contributed by atoms with E-state index >= 15 is 0 Å². The summed E-state index contributed by atoms with van der Waals surface area (Å²) in [5.74, 6) is 0. The van der Waals surface area contributed by atoms with Crippen molar-refractivity contribution in [1.29, 1.82) is 0 Å². The van der Waals surface area contributed by atoms with Crippen molar-refractivity contribution in [2.45, 2.75) is 52.4 Å². The van der Waals surface area contributed by atoms with Gasteiger partial charge in [-0.1, -0.05) is 145 Å². The van der Waals surface area contributed by atoms with Gasteiger partial charge in [-0.15, -0.1) is 0 Å². The molecule has 168 valence electrons. The van der Waals surface area contributed by atoms with E-state index < -0.39 is 7.92 Å². The smallest absolute Gasteiger partial charge is 0.00726 e. The molecular weight excluding hydrogens is 415 g/mol. The summed E-state index contributed by atoms with van der Waals surface area (Å²) in [7, 11) is -0.666. The van der Waals surface area contributed by atoms with Crippen LogP contribution >= 0.6 is 7.92 Å². The van der Waals surface area contributed by atoms with E-state index in [-0.39, 0.29) is 10.8 Å². The van der Waals surface area contributed by atoms with Gasteiger partial charge in [-0.3, -0.25) is 0 Å². The summed E-state index contributed by atoms with van der Waals surface area (Å²) in [6.45, 7) is 13.9. The van der Waals surface area contributed by atoms with Crippen LogP contribution in [-0.2, 0) is 10.8 Å². The van der Waals surface area contributed by atoms with E-state index in [0.717, 1.165) is 0 Å². The maximum Gasteiger partial charge on any atom is -0.00726 e. The predicted octanol–water partition coefficient (Wildman–Crippen LogP) is 7.71. The molecule has 0 aliphatic rings. The van der Waals surface area contributed by atoms with E-state index in [9.17, 15) is 0 Å². The summed E-state index contributed by atoms with van der Waals surface area (Å²) >= 11 is 0. The van der Waals surface area contributed by atoms with Gasteiger partial charge < -0.3 is 0 Å².